The van der Waals surface area contributed by atoms with Crippen molar-refractivity contribution in [3.8, 4) is 0 Å². The van der Waals surface area contributed by atoms with Crippen LogP contribution in [0.3, 0.4) is 0 Å². The smallest absolute Gasteiger partial charge is 0.360 e. The number of aliphatic hydroxyl groups is 1. The van der Waals surface area contributed by atoms with E-state index in [1.54, 1.807) is 12.1 Å². The first-order valence-corrected chi connectivity index (χ1v) is 9.74. The standard InChI is InChI=1S/C18H14O8.C4H10N2/c19-13(11-7-3-1-4-8-11)18(17(24)25,14(20)15(21)22)26-16(23)12-9-5-2-6-10-12;1-2-6-4-3-5-1/h1-10,14,20H,(H,21,22)(H,24,25);5-6H,1-4H2. The lowest BCUT2D eigenvalue weighted by Gasteiger charge is -2.30. The highest BCUT2D eigenvalue weighted by Gasteiger charge is 2.59. The maximum atomic E-state index is 12.7. The number of nitrogens with one attached hydrogen (secondary N) is 2. The molecule has 2 aromatic carbocycles. The van der Waals surface area contributed by atoms with Crippen molar-refractivity contribution in [2.24, 2.45) is 0 Å². The fraction of sp³-hybridized carbons (Fsp3) is 0.273. The van der Waals surface area contributed by atoms with Gasteiger partial charge in [0.15, 0.2) is 0 Å². The molecule has 0 spiro atoms. The van der Waals surface area contributed by atoms with Crippen LogP contribution in [0.25, 0.3) is 0 Å². The van der Waals surface area contributed by atoms with Crippen molar-refractivity contribution in [3.05, 3.63) is 71.8 Å². The molecule has 10 heteroatoms. The summed E-state index contributed by atoms with van der Waals surface area (Å²) in [6.45, 7) is 4.56. The molecule has 170 valence electrons. The topological polar surface area (TPSA) is 162 Å². The van der Waals surface area contributed by atoms with E-state index in [0.29, 0.717) is 0 Å². The van der Waals surface area contributed by atoms with Crippen LogP contribution >= 0.6 is 0 Å². The van der Waals surface area contributed by atoms with Crippen LogP contribution in [0.2, 0.25) is 0 Å². The van der Waals surface area contributed by atoms with Gasteiger partial charge in [-0.3, -0.25) is 4.79 Å². The molecular weight excluding hydrogens is 420 g/mol. The second-order valence-electron chi connectivity index (χ2n) is 6.73. The third-order valence-corrected chi connectivity index (χ3v) is 4.53. The Hall–Kier alpha value is -3.60. The molecule has 3 rings (SSSR count). The van der Waals surface area contributed by atoms with E-state index in [4.69, 9.17) is 9.84 Å². The van der Waals surface area contributed by atoms with E-state index in [-0.39, 0.29) is 11.1 Å². The number of benzene rings is 2. The van der Waals surface area contributed by atoms with E-state index in [2.05, 4.69) is 10.6 Å². The van der Waals surface area contributed by atoms with Gasteiger partial charge in [-0.15, -0.1) is 0 Å². The van der Waals surface area contributed by atoms with Crippen LogP contribution in [-0.2, 0) is 14.3 Å². The van der Waals surface area contributed by atoms with Gasteiger partial charge in [0.2, 0.25) is 11.9 Å². The number of rotatable bonds is 7. The lowest BCUT2D eigenvalue weighted by atomic mass is 9.87. The Bertz CT molecular complexity index is 920. The number of piperazine rings is 1. The fourth-order valence-electron chi connectivity index (χ4n) is 2.84. The molecule has 2 atom stereocenters. The maximum absolute atomic E-state index is 12.7. The first-order chi connectivity index (χ1) is 15.3. The van der Waals surface area contributed by atoms with Crippen LogP contribution in [0.5, 0.6) is 0 Å². The van der Waals surface area contributed by atoms with Gasteiger partial charge in [-0.05, 0) is 12.1 Å². The molecule has 2 aromatic rings. The van der Waals surface area contributed by atoms with E-state index in [0.717, 1.165) is 26.2 Å². The van der Waals surface area contributed by atoms with Crippen molar-refractivity contribution in [2.75, 3.05) is 26.2 Å². The first-order valence-electron chi connectivity index (χ1n) is 9.74. The third kappa shape index (κ3) is 5.97. The van der Waals surface area contributed by atoms with Gasteiger partial charge in [0, 0.05) is 31.7 Å². The van der Waals surface area contributed by atoms with Crippen molar-refractivity contribution in [3.63, 3.8) is 0 Å². The number of hydrogen-bond acceptors (Lipinski definition) is 8. The predicted octanol–water partition coefficient (Wildman–Crippen LogP) is 0.174. The Morgan fingerprint density at radius 3 is 1.59 bits per heavy atom. The summed E-state index contributed by atoms with van der Waals surface area (Å²) in [6.07, 6.45) is -2.82. The highest BCUT2D eigenvalue weighted by Crippen LogP contribution is 2.26. The zero-order valence-corrected chi connectivity index (χ0v) is 17.1. The van der Waals surface area contributed by atoms with Gasteiger partial charge < -0.3 is 30.7 Å². The Morgan fingerprint density at radius 1 is 0.781 bits per heavy atom. The monoisotopic (exact) mass is 444 g/mol. The molecule has 10 nitrogen and oxygen atoms in total. The number of hydrogen-bond donors (Lipinski definition) is 5. The van der Waals surface area contributed by atoms with Crippen LogP contribution in [-0.4, -0.2) is 76.9 Å². The summed E-state index contributed by atoms with van der Waals surface area (Å²) in [5.74, 6) is -6.77. The molecule has 0 amide bonds. The van der Waals surface area contributed by atoms with Gasteiger partial charge in [0.1, 0.15) is 0 Å². The van der Waals surface area contributed by atoms with Crippen LogP contribution in [0.1, 0.15) is 20.7 Å². The Morgan fingerprint density at radius 2 is 1.22 bits per heavy atom. The molecule has 0 saturated carbocycles. The Balaban J connectivity index is 0.000000520. The molecule has 0 aromatic heterocycles. The van der Waals surface area contributed by atoms with Crippen molar-refractivity contribution in [1.29, 1.82) is 0 Å². The largest absolute Gasteiger partial charge is 0.479 e. The van der Waals surface area contributed by atoms with Crippen molar-refractivity contribution < 1.29 is 39.2 Å². The first kappa shape index (κ1) is 24.7. The molecular formula is C22H24N2O8. The van der Waals surface area contributed by atoms with Gasteiger partial charge in [-0.1, -0.05) is 48.5 Å². The predicted molar refractivity (Wildman–Crippen MR) is 112 cm³/mol. The van der Waals surface area contributed by atoms with Crippen molar-refractivity contribution in [2.45, 2.75) is 11.7 Å². The number of esters is 1. The number of carboxylic acid groups (broad SMARTS) is 2. The average molecular weight is 444 g/mol. The molecule has 32 heavy (non-hydrogen) atoms. The molecule has 1 fully saturated rings. The lowest BCUT2D eigenvalue weighted by Crippen LogP contribution is -2.61. The number of aliphatic carboxylic acids is 2. The molecule has 0 aliphatic carbocycles. The minimum absolute atomic E-state index is 0.114. The third-order valence-electron chi connectivity index (χ3n) is 4.53. The number of carboxylic acids is 2. The number of carbonyl (C=O) groups is 4. The minimum atomic E-state index is -3.35. The van der Waals surface area contributed by atoms with Crippen LogP contribution < -0.4 is 10.6 Å². The van der Waals surface area contributed by atoms with E-state index in [9.17, 15) is 29.4 Å². The van der Waals surface area contributed by atoms with E-state index < -0.39 is 35.4 Å². The number of carbonyl (C=O) groups excluding carboxylic acids is 2. The van der Waals surface area contributed by atoms with Crippen LogP contribution in [0.15, 0.2) is 60.7 Å². The van der Waals surface area contributed by atoms with Gasteiger partial charge >= 0.3 is 23.5 Å². The molecule has 2 unspecified atom stereocenters. The average Bonchev–Trinajstić information content (AvgIpc) is 2.84. The lowest BCUT2D eigenvalue weighted by molar-refractivity contribution is -0.176. The van der Waals surface area contributed by atoms with Gasteiger partial charge in [-0.25, -0.2) is 14.4 Å². The number of ether oxygens (including phenoxy) is 1. The minimum Gasteiger partial charge on any atom is -0.479 e. The normalized spacial score (nSPS) is 15.8. The summed E-state index contributed by atoms with van der Waals surface area (Å²) in [4.78, 5) is 48.1. The molecule has 1 saturated heterocycles. The molecule has 1 aliphatic heterocycles. The summed E-state index contributed by atoms with van der Waals surface area (Å²) >= 11 is 0. The molecule has 1 aliphatic rings. The number of Topliss-reactive ketones (excluding diaryl/α,β-unsaturated/α-hetero) is 1. The Kier molecular flexibility index (Phi) is 9.02. The molecule has 0 bridgehead atoms. The summed E-state index contributed by atoms with van der Waals surface area (Å²) in [5, 5.41) is 35.0. The van der Waals surface area contributed by atoms with E-state index >= 15 is 0 Å². The van der Waals surface area contributed by atoms with E-state index in [1.165, 1.54) is 48.5 Å². The molecule has 0 radical (unpaired) electrons. The second kappa shape index (κ2) is 11.7. The SMILES string of the molecule is C1CNCCN1.O=C(OC(C(=O)O)(C(=O)c1ccccc1)C(O)C(=O)O)c1ccccc1. The highest BCUT2D eigenvalue weighted by atomic mass is 16.6. The fourth-order valence-corrected chi connectivity index (χ4v) is 2.84. The van der Waals surface area contributed by atoms with Crippen LogP contribution in [0, 0.1) is 0 Å². The van der Waals surface area contributed by atoms with Gasteiger partial charge in [0.25, 0.3) is 0 Å². The number of aliphatic hydroxyl groups excluding tert-OH is 1. The van der Waals surface area contributed by atoms with Gasteiger partial charge in [-0.2, -0.15) is 0 Å². The van der Waals surface area contributed by atoms with E-state index in [1.807, 2.05) is 0 Å². The Labute approximate surface area is 183 Å². The zero-order chi connectivity index (χ0) is 23.6. The van der Waals surface area contributed by atoms with Crippen molar-refractivity contribution >= 4 is 23.7 Å². The summed E-state index contributed by atoms with van der Waals surface area (Å²) < 4.78 is 4.81. The summed E-state index contributed by atoms with van der Waals surface area (Å²) in [7, 11) is 0. The summed E-state index contributed by atoms with van der Waals surface area (Å²) in [5.41, 5.74) is -3.70. The number of ketones is 1. The van der Waals surface area contributed by atoms with Gasteiger partial charge in [0.05, 0.1) is 5.56 Å². The highest BCUT2D eigenvalue weighted by molar-refractivity contribution is 6.19. The van der Waals surface area contributed by atoms with Crippen molar-refractivity contribution in [1.82, 2.24) is 10.6 Å². The second-order valence-corrected chi connectivity index (χ2v) is 6.73. The quantitative estimate of drug-likeness (QED) is 0.226. The maximum Gasteiger partial charge on any atom is 0.360 e. The van der Waals surface area contributed by atoms with Crippen LogP contribution in [0.4, 0.5) is 0 Å². The molecule has 1 heterocycles. The summed E-state index contributed by atoms with van der Waals surface area (Å²) in [6, 6.07) is 13.9. The molecule has 5 N–H and O–H groups in total. The zero-order valence-electron chi connectivity index (χ0n) is 17.1.